The van der Waals surface area contributed by atoms with Crippen molar-refractivity contribution in [2.45, 2.75) is 40.8 Å². The Morgan fingerprint density at radius 1 is 0.506 bits per heavy atom. The summed E-state index contributed by atoms with van der Waals surface area (Å²) in [6, 6.07) is 40.8. The molecular weight excluding hydrogens is 1030 g/mol. The van der Waals surface area contributed by atoms with Gasteiger partial charge in [0.15, 0.2) is 34.5 Å². The third-order valence-electron chi connectivity index (χ3n) is 13.2. The molecule has 0 unspecified atom stereocenters. The molecule has 3 aliphatic rings. The fourth-order valence-corrected chi connectivity index (χ4v) is 10.5. The average molecular weight is 1090 g/mol. The molecule has 0 radical (unpaired) electrons. The third kappa shape index (κ3) is 11.5. The van der Waals surface area contributed by atoms with Crippen molar-refractivity contribution in [3.8, 4) is 67.9 Å². The zero-order valence-electron chi connectivity index (χ0n) is 44.0. The van der Waals surface area contributed by atoms with Gasteiger partial charge in [0.2, 0.25) is 20.4 Å². The molecule has 0 spiro atoms. The van der Waals surface area contributed by atoms with Gasteiger partial charge in [-0.3, -0.25) is 0 Å². The lowest BCUT2D eigenvalue weighted by Crippen LogP contribution is -2.19. The Morgan fingerprint density at radius 3 is 1.44 bits per heavy atom. The van der Waals surface area contributed by atoms with E-state index in [1.54, 1.807) is 41.7 Å². The summed E-state index contributed by atoms with van der Waals surface area (Å²) in [6.45, 7) is 11.7. The second-order valence-corrected chi connectivity index (χ2v) is 22.2. The molecule has 8 heterocycles. The van der Waals surface area contributed by atoms with Gasteiger partial charge in [-0.05, 0) is 130 Å². The van der Waals surface area contributed by atoms with E-state index in [1.165, 1.54) is 4.88 Å². The zero-order valence-corrected chi connectivity index (χ0v) is 45.7. The van der Waals surface area contributed by atoms with E-state index >= 15 is 0 Å². The number of hydrogen-bond acceptors (Lipinski definition) is 18. The Labute approximate surface area is 464 Å². The Kier molecular flexibility index (Phi) is 14.2. The predicted molar refractivity (Wildman–Crippen MR) is 312 cm³/mol. The first-order valence-corrected chi connectivity index (χ1v) is 27.4. The molecule has 16 nitrogen and oxygen atoms in total. The maximum absolute atomic E-state index is 5.52. The number of anilines is 3. The quantitative estimate of drug-likeness (QED) is 0.125. The Balaban J connectivity index is 0.000000119. The van der Waals surface area contributed by atoms with Gasteiger partial charge in [-0.2, -0.15) is 0 Å². The van der Waals surface area contributed by atoms with E-state index in [0.717, 1.165) is 142 Å². The highest BCUT2D eigenvalue weighted by atomic mass is 32.1. The summed E-state index contributed by atoms with van der Waals surface area (Å²) >= 11 is 3.39. The second-order valence-electron chi connectivity index (χ2n) is 20.1. The number of aryl methyl sites for hydroxylation is 1. The highest BCUT2D eigenvalue weighted by molar-refractivity contribution is 7.10. The number of nitrogens with zero attached hydrogens (tertiary/aromatic N) is 8. The molecule has 0 saturated carbocycles. The Hall–Kier alpha value is -9.13. The summed E-state index contributed by atoms with van der Waals surface area (Å²) in [6.07, 6.45) is 4.81. The second kappa shape index (κ2) is 22.1. The van der Waals surface area contributed by atoms with Crippen LogP contribution in [0.4, 0.5) is 17.5 Å². The van der Waals surface area contributed by atoms with Crippen molar-refractivity contribution >= 4 is 72.8 Å². The van der Waals surface area contributed by atoms with Gasteiger partial charge >= 0.3 is 0 Å². The van der Waals surface area contributed by atoms with E-state index < -0.39 is 0 Å². The van der Waals surface area contributed by atoms with Crippen molar-refractivity contribution in [2.75, 3.05) is 49.5 Å². The van der Waals surface area contributed by atoms with Crippen LogP contribution in [-0.4, -0.2) is 68.9 Å². The number of hydrogen-bond donors (Lipinski definition) is 2. The van der Waals surface area contributed by atoms with Crippen LogP contribution >= 0.6 is 22.7 Å². The number of aromatic nitrogens is 7. The Bertz CT molecular complexity index is 4000. The molecule has 5 aromatic heterocycles. The van der Waals surface area contributed by atoms with Crippen LogP contribution in [-0.2, 0) is 13.1 Å². The molecule has 6 aromatic carbocycles. The summed E-state index contributed by atoms with van der Waals surface area (Å²) < 4.78 is 32.7. The van der Waals surface area contributed by atoms with Crippen molar-refractivity contribution in [1.29, 1.82) is 0 Å². The average Bonchev–Trinajstić information content (AvgIpc) is 4.41. The minimum atomic E-state index is 0.173. The molecule has 18 heteroatoms. The van der Waals surface area contributed by atoms with Crippen LogP contribution in [0.15, 0.2) is 151 Å². The molecule has 396 valence electrons. The van der Waals surface area contributed by atoms with Crippen LogP contribution in [0, 0.1) is 12.3 Å². The lowest BCUT2D eigenvalue weighted by atomic mass is 9.97. The van der Waals surface area contributed by atoms with E-state index in [1.807, 2.05) is 86.8 Å². The van der Waals surface area contributed by atoms with Crippen LogP contribution in [0.2, 0.25) is 0 Å². The van der Waals surface area contributed by atoms with Crippen LogP contribution in [0.5, 0.6) is 34.5 Å². The lowest BCUT2D eigenvalue weighted by molar-refractivity contribution is 0.173. The van der Waals surface area contributed by atoms with Crippen LogP contribution in [0.3, 0.4) is 0 Å². The minimum Gasteiger partial charge on any atom is -0.454 e. The van der Waals surface area contributed by atoms with E-state index in [4.69, 9.17) is 28.4 Å². The number of rotatable bonds is 11. The topological polar surface area (TPSA) is 173 Å². The van der Waals surface area contributed by atoms with Gasteiger partial charge in [0, 0.05) is 40.0 Å². The minimum absolute atomic E-state index is 0.173. The van der Waals surface area contributed by atoms with Gasteiger partial charge in [-0.1, -0.05) is 63.2 Å². The molecule has 79 heavy (non-hydrogen) atoms. The monoisotopic (exact) mass is 1090 g/mol. The number of nitrogens with one attached hydrogen (secondary N) is 2. The third-order valence-corrected chi connectivity index (χ3v) is 14.9. The fraction of sp³-hybridized carbons (Fsp3) is 0.197. The molecule has 0 atom stereocenters. The lowest BCUT2D eigenvalue weighted by Gasteiger charge is -2.19. The fourth-order valence-electron chi connectivity index (χ4n) is 9.24. The van der Waals surface area contributed by atoms with Gasteiger partial charge in [-0.25, -0.2) is 34.9 Å². The van der Waals surface area contributed by atoms with Crippen molar-refractivity contribution in [3.05, 3.63) is 167 Å². The van der Waals surface area contributed by atoms with Crippen LogP contribution < -0.4 is 44.0 Å². The summed E-state index contributed by atoms with van der Waals surface area (Å²) in [5, 5.41) is 15.1. The van der Waals surface area contributed by atoms with Gasteiger partial charge < -0.3 is 44.0 Å². The first kappa shape index (κ1) is 50.7. The molecule has 2 N–H and O–H groups in total. The van der Waals surface area contributed by atoms with E-state index in [-0.39, 0.29) is 25.8 Å². The molecular formula is C61H54N10O6S2. The first-order valence-electron chi connectivity index (χ1n) is 25.6. The van der Waals surface area contributed by atoms with Gasteiger partial charge in [0.1, 0.15) is 36.4 Å². The smallest absolute Gasteiger partial charge is 0.231 e. The Morgan fingerprint density at radius 2 is 0.962 bits per heavy atom. The first-order chi connectivity index (χ1) is 38.5. The maximum Gasteiger partial charge on any atom is 0.231 e. The van der Waals surface area contributed by atoms with Crippen molar-refractivity contribution in [3.63, 3.8) is 0 Å². The van der Waals surface area contributed by atoms with E-state index in [0.29, 0.717) is 6.54 Å². The highest BCUT2D eigenvalue weighted by Crippen LogP contribution is 2.40. The summed E-state index contributed by atoms with van der Waals surface area (Å²) in [4.78, 5) is 34.6. The highest BCUT2D eigenvalue weighted by Gasteiger charge is 2.19. The molecule has 0 fully saturated rings. The van der Waals surface area contributed by atoms with E-state index in [2.05, 4.69) is 130 Å². The molecule has 11 aromatic rings. The predicted octanol–water partition coefficient (Wildman–Crippen LogP) is 13.6. The van der Waals surface area contributed by atoms with Gasteiger partial charge in [0.05, 0.1) is 40.3 Å². The molecule has 14 rings (SSSR count). The molecule has 0 bridgehead atoms. The van der Waals surface area contributed by atoms with Crippen LogP contribution in [0.1, 0.15) is 36.3 Å². The van der Waals surface area contributed by atoms with Crippen molar-refractivity contribution in [1.82, 2.24) is 34.9 Å². The molecule has 0 aliphatic carbocycles. The number of thiophene rings is 1. The number of thiazole rings is 1. The van der Waals surface area contributed by atoms with Crippen molar-refractivity contribution < 1.29 is 28.4 Å². The zero-order chi connectivity index (χ0) is 53.9. The largest absolute Gasteiger partial charge is 0.454 e. The van der Waals surface area contributed by atoms with Crippen LogP contribution in [0.25, 0.3) is 66.1 Å². The summed E-state index contributed by atoms with van der Waals surface area (Å²) in [7, 11) is 2.03. The summed E-state index contributed by atoms with van der Waals surface area (Å²) in [5.74, 6) is 7.30. The maximum atomic E-state index is 5.52. The number of ether oxygens (including phenoxy) is 6. The molecule has 3 aliphatic heterocycles. The normalized spacial score (nSPS) is 12.7. The molecule has 0 amide bonds. The standard InChI is InChI=1S/C21H18N4O2S.C20H15N3O2S.C20H21N3O2/c1-13-24-16(10-28-13)9-25(2)21-17-7-14(3-5-18(17)22-11-23-21)15-4-6-19-20(8-15)27-12-26-19;1-2-15(26-7-1)10-21-20-16-8-13(3-5-17(16)22-11-23-20)14-4-6-18-19(9-14)25-12-24-18;1-20(2,3)10-21-19-15-8-13(4-6-16(15)22-11-23-19)14-5-7-17-18(9-14)25-12-24-17/h3-8,10-11H,9,12H2,1-2H3;1-9,11H,10,12H2,(H,21,22,23);4-9,11H,10,12H2,1-3H3,(H,21,22,23). The van der Waals surface area contributed by atoms with Crippen molar-refractivity contribution in [2.24, 2.45) is 5.41 Å². The summed E-state index contributed by atoms with van der Waals surface area (Å²) in [5.41, 5.74) is 10.5. The van der Waals surface area contributed by atoms with E-state index in [9.17, 15) is 0 Å². The van der Waals surface area contributed by atoms with Gasteiger partial charge in [0.25, 0.3) is 0 Å². The number of benzene rings is 6. The molecule has 0 saturated heterocycles. The van der Waals surface area contributed by atoms with Gasteiger partial charge in [-0.15, -0.1) is 22.7 Å². The SMILES string of the molecule is CC(C)(C)CNc1ncnc2ccc(-c3ccc4c(c3)OCO4)cc12.Cc1nc(CN(C)c2ncnc3ccc(-c4ccc5c(c4)OCO5)cc23)cs1.c1csc(CNc2ncnc3ccc(-c4ccc5c(c4)OCO5)cc23)c1. The number of fused-ring (bicyclic) bond motifs is 6.